The summed E-state index contributed by atoms with van der Waals surface area (Å²) >= 11 is -0.934. The molecular weight excluding hydrogens is 710 g/mol. The van der Waals surface area contributed by atoms with Gasteiger partial charge in [0.05, 0.1) is 54.2 Å². The molecule has 1 aliphatic heterocycles. The molecule has 1 aliphatic rings. The molecule has 5 aromatic rings. The largest absolute Gasteiger partial charge is 0.416 e. The number of carbonyl (C=O) groups excluding carboxylic acids is 1. The van der Waals surface area contributed by atoms with Crippen LogP contribution in [0.3, 0.4) is 0 Å². The van der Waals surface area contributed by atoms with Gasteiger partial charge in [0.2, 0.25) is 5.91 Å². The molecule has 6 rings (SSSR count). The number of ether oxygens (including phenoxy) is 1. The van der Waals surface area contributed by atoms with Crippen molar-refractivity contribution in [1.82, 2.24) is 14.4 Å². The van der Waals surface area contributed by atoms with Crippen molar-refractivity contribution in [1.29, 1.82) is 0 Å². The predicted octanol–water partition coefficient (Wildman–Crippen LogP) is 8.71. The van der Waals surface area contributed by atoms with Gasteiger partial charge in [-0.25, -0.2) is 8.78 Å². The molecule has 1 aromatic heterocycles. The zero-order valence-corrected chi connectivity index (χ0v) is 27.1. The molecule has 0 bridgehead atoms. The number of thioether (sulfide) groups is 1. The fraction of sp³-hybridized carbons (Fsp3) is 0.317. The SMILES string of the molecule is [2H]c1c([2H])c(F)c(F)c(C([2H])([2H])Sc2c([2H])c(=O)c3c([2H])c([2H])c([2H])c([2H])c3n2C([2H])([2H])C(=O)N(C([2H])([2H])c2c([2H])c([2H])c(-c3c([2H])c([2H])c(C(F)(F)F)c(C)c3[2H])c([2H])c2[2H])C2([2H])C([2H])([2H])C([2H])([2H])N(CCOC([2H])([2H])[2H])C([2H])([2H])C2([2H])[2H])c1[2H]. The zero-order valence-electron chi connectivity index (χ0n) is 59.3. The van der Waals surface area contributed by atoms with E-state index in [2.05, 4.69) is 4.74 Å². The summed E-state index contributed by atoms with van der Waals surface area (Å²) in [6.07, 6.45) is -15.4. The number of halogens is 5. The topological polar surface area (TPSA) is 54.8 Å². The number of para-hydroxylation sites is 1. The highest BCUT2D eigenvalue weighted by Crippen LogP contribution is 2.34. The van der Waals surface area contributed by atoms with Crippen LogP contribution in [0.15, 0.2) is 100 Å². The molecule has 0 saturated carbocycles. The summed E-state index contributed by atoms with van der Waals surface area (Å²) in [5.74, 6) is -8.02. The van der Waals surface area contributed by atoms with Gasteiger partial charge in [-0.15, -0.1) is 11.8 Å². The summed E-state index contributed by atoms with van der Waals surface area (Å²) in [6, 6.07) is -30.5. The minimum absolute atomic E-state index is 0.466. The maximum atomic E-state index is 16.1. The van der Waals surface area contributed by atoms with Gasteiger partial charge in [0.1, 0.15) is 6.50 Å². The number of hydrogen-bond acceptors (Lipinski definition) is 5. The van der Waals surface area contributed by atoms with Gasteiger partial charge < -0.3 is 19.1 Å². The zero-order chi connectivity index (χ0) is 66.7. The number of pyridine rings is 1. The van der Waals surface area contributed by atoms with E-state index in [9.17, 15) is 30.3 Å². The van der Waals surface area contributed by atoms with Gasteiger partial charge in [0.15, 0.2) is 17.1 Å². The lowest BCUT2D eigenvalue weighted by Crippen LogP contribution is -2.48. The normalized spacial score (nSPS) is 28.6. The van der Waals surface area contributed by atoms with Gasteiger partial charge in [-0.3, -0.25) is 9.59 Å². The molecule has 53 heavy (non-hydrogen) atoms. The fourth-order valence-electron chi connectivity index (χ4n) is 4.20. The number of methoxy groups -OCH3 is 1. The number of rotatable bonds is 12. The molecule has 0 unspecified atom stereocenters. The van der Waals surface area contributed by atoms with Crippen LogP contribution in [0, 0.1) is 18.6 Å². The van der Waals surface area contributed by atoms with E-state index in [1.165, 1.54) is 0 Å². The maximum absolute atomic E-state index is 16.1. The standard InChI is InChI=1S/C41H40F5N3O3S/c1-27-22-30(14-15-34(27)41(44,45)46)29-12-10-28(11-13-29)24-48(32-16-18-47(19-17-32)20-21-52-2)38(51)25-49-36-9-4-3-7-33(36)37(50)23-39(49)53-26-31-6-5-8-35(42)40(31)43/h3-15,22-23,32H,16-21,24-26H2,1-2H3/i2D3,3D,4D,5D,6D,7D,8D,9D,10D,11D,12D,13D,14D,15D,16D2,17D2,18D2,19D2,22D,23D,24D2,25D2,26D2,32D. The molecule has 1 saturated heterocycles. The average molecular weight is 783 g/mol. The quantitative estimate of drug-likeness (QED) is 0.0937. The molecule has 2 heterocycles. The molecule has 1 fully saturated rings. The fourth-order valence-corrected chi connectivity index (χ4v) is 4.91. The Hall–Kier alpha value is -4.52. The summed E-state index contributed by atoms with van der Waals surface area (Å²) < 4.78 is 367. The molecule has 0 radical (unpaired) electrons. The third kappa shape index (κ3) is 9.00. The first-order valence-electron chi connectivity index (χ1n) is 30.9. The van der Waals surface area contributed by atoms with Crippen molar-refractivity contribution in [3.8, 4) is 11.1 Å². The number of benzene rings is 4. The van der Waals surface area contributed by atoms with Crippen molar-refractivity contribution in [3.05, 3.63) is 135 Å². The highest BCUT2D eigenvalue weighted by molar-refractivity contribution is 7.98. The maximum Gasteiger partial charge on any atom is 0.416 e. The van der Waals surface area contributed by atoms with E-state index in [1.54, 1.807) is 0 Å². The summed E-state index contributed by atoms with van der Waals surface area (Å²) in [5.41, 5.74) is -17.6. The van der Waals surface area contributed by atoms with Crippen LogP contribution in [0.4, 0.5) is 22.0 Å². The second-order valence-electron chi connectivity index (χ2n) is 10.1. The van der Waals surface area contributed by atoms with Crippen LogP contribution >= 0.6 is 11.8 Å². The van der Waals surface area contributed by atoms with E-state index in [0.717, 1.165) is 0 Å². The van der Waals surface area contributed by atoms with E-state index >= 15 is 13.6 Å². The number of carbonyl (C=O) groups is 1. The van der Waals surface area contributed by atoms with Crippen molar-refractivity contribution >= 4 is 28.6 Å². The monoisotopic (exact) mass is 782 g/mol. The Morgan fingerprint density at radius 1 is 1.04 bits per heavy atom. The second kappa shape index (κ2) is 16.7. The molecule has 0 aliphatic carbocycles. The summed E-state index contributed by atoms with van der Waals surface area (Å²) in [7, 11) is -3.39. The van der Waals surface area contributed by atoms with E-state index in [-0.39, 0.29) is 0 Å². The van der Waals surface area contributed by atoms with Crippen LogP contribution in [-0.2, 0) is 34.4 Å². The lowest BCUT2D eigenvalue weighted by atomic mass is 9.98. The van der Waals surface area contributed by atoms with Crippen molar-refractivity contribution in [2.75, 3.05) is 33.2 Å². The number of hydrogen-bond donors (Lipinski definition) is 0. The Morgan fingerprint density at radius 2 is 1.77 bits per heavy atom. The van der Waals surface area contributed by atoms with Crippen molar-refractivity contribution in [3.63, 3.8) is 0 Å². The van der Waals surface area contributed by atoms with Crippen LogP contribution in [0.5, 0.6) is 0 Å². The minimum Gasteiger partial charge on any atom is -0.383 e. The van der Waals surface area contributed by atoms with Crippen molar-refractivity contribution in [2.24, 2.45) is 0 Å². The summed E-state index contributed by atoms with van der Waals surface area (Å²) in [6.45, 7) is -21.5. The van der Waals surface area contributed by atoms with Crippen LogP contribution in [-0.4, -0.2) is 59.5 Å². The van der Waals surface area contributed by atoms with Gasteiger partial charge in [-0.1, -0.05) is 60.4 Å². The lowest BCUT2D eigenvalue weighted by Gasteiger charge is -2.39. The predicted molar refractivity (Wildman–Crippen MR) is 198 cm³/mol. The molecule has 0 N–H and O–H groups in total. The molecule has 0 spiro atoms. The summed E-state index contributed by atoms with van der Waals surface area (Å²) in [5, 5.41) is -3.47. The van der Waals surface area contributed by atoms with Crippen molar-refractivity contribution in [2.45, 2.75) is 55.6 Å². The Balaban J connectivity index is 1.86. The smallest absolute Gasteiger partial charge is 0.383 e. The summed E-state index contributed by atoms with van der Waals surface area (Å²) in [4.78, 5) is 28.4. The molecule has 4 aromatic carbocycles. The first-order chi connectivity index (χ1) is 38.5. The Bertz CT molecular complexity index is 3670. The van der Waals surface area contributed by atoms with Crippen LogP contribution < -0.4 is 5.43 Å². The Morgan fingerprint density at radius 3 is 2.51 bits per heavy atom. The first-order valence-corrected chi connectivity index (χ1v) is 15.2. The Kier molecular flexibility index (Phi) is 4.59. The third-order valence-corrected chi connectivity index (χ3v) is 7.40. The molecule has 1 amide bonds. The molecule has 6 nitrogen and oxygen atoms in total. The molecule has 0 atom stereocenters. The molecule has 278 valence electrons. The Labute approximate surface area is 355 Å². The number of fused-ring (bicyclic) bond motifs is 1. The van der Waals surface area contributed by atoms with E-state index < -0.39 is 266 Å². The lowest BCUT2D eigenvalue weighted by molar-refractivity contribution is -0.138. The highest BCUT2D eigenvalue weighted by Gasteiger charge is 2.32. The first kappa shape index (κ1) is 14.6. The van der Waals surface area contributed by atoms with Gasteiger partial charge in [-0.05, 0) is 66.1 Å². The van der Waals surface area contributed by atoms with Gasteiger partial charge >= 0.3 is 6.18 Å². The van der Waals surface area contributed by atoms with Crippen LogP contribution in [0.25, 0.3) is 22.0 Å². The van der Waals surface area contributed by atoms with E-state index in [4.69, 9.17) is 32.9 Å². The highest BCUT2D eigenvalue weighted by atomic mass is 32.2. The van der Waals surface area contributed by atoms with E-state index in [0.29, 0.717) is 6.92 Å². The van der Waals surface area contributed by atoms with Crippen LogP contribution in [0.1, 0.15) is 80.2 Å². The number of alkyl halides is 3. The molecular formula is C41H40F5N3O3S. The van der Waals surface area contributed by atoms with Crippen LogP contribution in [0.2, 0.25) is 0 Å². The number of piperidine rings is 1. The third-order valence-electron chi connectivity index (χ3n) is 6.62. The minimum atomic E-state index is -5.45. The average Bonchev–Trinajstić information content (AvgIpc) is 0.662. The second-order valence-corrected chi connectivity index (χ2v) is 10.9. The van der Waals surface area contributed by atoms with E-state index in [1.807, 2.05) is 0 Å². The number of aromatic nitrogens is 1. The molecule has 12 heteroatoms. The number of nitrogens with zero attached hydrogens (tertiary/aromatic N) is 3. The van der Waals surface area contributed by atoms with Gasteiger partial charge in [-0.2, -0.15) is 13.2 Å². The van der Waals surface area contributed by atoms with Crippen molar-refractivity contribution < 1.29 is 76.7 Å². The van der Waals surface area contributed by atoms with Gasteiger partial charge in [0.25, 0.3) is 0 Å². The number of likely N-dealkylation sites (tertiary alicyclic amines) is 1. The number of amides is 1. The van der Waals surface area contributed by atoms with Gasteiger partial charge in [0, 0.05) is 75.5 Å².